The van der Waals surface area contributed by atoms with Crippen LogP contribution in [0.1, 0.15) is 82.9 Å². The summed E-state index contributed by atoms with van der Waals surface area (Å²) in [5, 5.41) is 0. The van der Waals surface area contributed by atoms with E-state index >= 15 is 0 Å². The van der Waals surface area contributed by atoms with Crippen LogP contribution in [0.25, 0.3) is 5.57 Å². The van der Waals surface area contributed by atoms with Gasteiger partial charge in [-0.1, -0.05) is 70.7 Å². The first-order valence-corrected chi connectivity index (χ1v) is 10.2. The number of benzene rings is 1. The number of ketones is 1. The lowest BCUT2D eigenvalue weighted by Crippen LogP contribution is -2.27. The standard InChI is InChI=1S/C24H36O2/c1-7-9-10-19(8-2)16-26-22-15-24(5,6)14-21(25)23(22)20-12-11-17(3)13-18(20)4/h11-13,19H,7-10,14-16H2,1-6H3. The Morgan fingerprint density at radius 2 is 1.88 bits per heavy atom. The number of hydrogen-bond acceptors (Lipinski definition) is 2. The number of aryl methyl sites for hydroxylation is 2. The minimum Gasteiger partial charge on any atom is -0.497 e. The first-order chi connectivity index (χ1) is 12.3. The van der Waals surface area contributed by atoms with Gasteiger partial charge in [0.1, 0.15) is 5.76 Å². The average molecular weight is 357 g/mol. The van der Waals surface area contributed by atoms with Crippen LogP contribution in [0.3, 0.4) is 0 Å². The molecule has 0 heterocycles. The van der Waals surface area contributed by atoms with E-state index < -0.39 is 0 Å². The molecule has 1 aromatic carbocycles. The van der Waals surface area contributed by atoms with Crippen molar-refractivity contribution in [3.8, 4) is 0 Å². The maximum Gasteiger partial charge on any atom is 0.167 e. The van der Waals surface area contributed by atoms with Gasteiger partial charge in [-0.2, -0.15) is 0 Å². The highest BCUT2D eigenvalue weighted by molar-refractivity contribution is 6.22. The van der Waals surface area contributed by atoms with Crippen LogP contribution in [0, 0.1) is 25.2 Å². The summed E-state index contributed by atoms with van der Waals surface area (Å²) in [6, 6.07) is 6.34. The van der Waals surface area contributed by atoms with E-state index in [9.17, 15) is 4.79 Å². The molecule has 0 saturated heterocycles. The van der Waals surface area contributed by atoms with Gasteiger partial charge in [-0.05, 0) is 42.7 Å². The Hall–Kier alpha value is -1.57. The van der Waals surface area contributed by atoms with Crippen molar-refractivity contribution in [1.82, 2.24) is 0 Å². The molecule has 0 aromatic heterocycles. The molecule has 0 bridgehead atoms. The molecular weight excluding hydrogens is 320 g/mol. The molecule has 0 spiro atoms. The van der Waals surface area contributed by atoms with Crippen molar-refractivity contribution in [3.05, 3.63) is 40.6 Å². The Morgan fingerprint density at radius 1 is 1.15 bits per heavy atom. The van der Waals surface area contributed by atoms with Gasteiger partial charge in [0.2, 0.25) is 0 Å². The fraction of sp³-hybridized carbons (Fsp3) is 0.625. The average Bonchev–Trinajstić information content (AvgIpc) is 2.55. The molecule has 1 unspecified atom stereocenters. The summed E-state index contributed by atoms with van der Waals surface area (Å²) in [7, 11) is 0. The van der Waals surface area contributed by atoms with Gasteiger partial charge in [-0.25, -0.2) is 0 Å². The van der Waals surface area contributed by atoms with Gasteiger partial charge in [0.25, 0.3) is 0 Å². The third-order valence-corrected chi connectivity index (χ3v) is 5.52. The lowest BCUT2D eigenvalue weighted by molar-refractivity contribution is -0.116. The lowest BCUT2D eigenvalue weighted by Gasteiger charge is -2.33. The highest BCUT2D eigenvalue weighted by Crippen LogP contribution is 2.41. The first-order valence-electron chi connectivity index (χ1n) is 10.2. The fourth-order valence-electron chi connectivity index (χ4n) is 3.90. The van der Waals surface area contributed by atoms with E-state index in [1.54, 1.807) is 0 Å². The Bertz CT molecular complexity index is 667. The molecule has 2 rings (SSSR count). The lowest BCUT2D eigenvalue weighted by atomic mass is 9.74. The number of allylic oxidation sites excluding steroid dienone is 2. The monoisotopic (exact) mass is 356 g/mol. The van der Waals surface area contributed by atoms with Crippen LogP contribution in [0.15, 0.2) is 24.0 Å². The Balaban J connectivity index is 2.34. The zero-order valence-corrected chi connectivity index (χ0v) is 17.6. The molecule has 1 atom stereocenters. The maximum absolute atomic E-state index is 13.0. The molecule has 1 aliphatic rings. The second-order valence-corrected chi connectivity index (χ2v) is 8.79. The van der Waals surface area contributed by atoms with E-state index in [4.69, 9.17) is 4.74 Å². The van der Waals surface area contributed by atoms with Gasteiger partial charge in [-0.15, -0.1) is 0 Å². The topological polar surface area (TPSA) is 26.3 Å². The summed E-state index contributed by atoms with van der Waals surface area (Å²) in [5.74, 6) is 1.71. The Morgan fingerprint density at radius 3 is 2.50 bits per heavy atom. The molecule has 0 N–H and O–H groups in total. The maximum atomic E-state index is 13.0. The van der Waals surface area contributed by atoms with Gasteiger partial charge >= 0.3 is 0 Å². The van der Waals surface area contributed by atoms with E-state index in [1.165, 1.54) is 24.8 Å². The van der Waals surface area contributed by atoms with Crippen molar-refractivity contribution in [1.29, 1.82) is 0 Å². The third-order valence-electron chi connectivity index (χ3n) is 5.52. The summed E-state index contributed by atoms with van der Waals surface area (Å²) in [6.45, 7) is 13.7. The second kappa shape index (κ2) is 8.88. The van der Waals surface area contributed by atoms with Crippen molar-refractivity contribution in [2.75, 3.05) is 6.61 Å². The zero-order chi connectivity index (χ0) is 19.3. The zero-order valence-electron chi connectivity index (χ0n) is 17.6. The molecule has 1 aromatic rings. The Kier molecular flexibility index (Phi) is 7.08. The largest absolute Gasteiger partial charge is 0.497 e. The van der Waals surface area contributed by atoms with Crippen molar-refractivity contribution >= 4 is 11.4 Å². The molecule has 0 amide bonds. The summed E-state index contributed by atoms with van der Waals surface area (Å²) < 4.78 is 6.35. The molecule has 2 heteroatoms. The van der Waals surface area contributed by atoms with Crippen LogP contribution in [-0.4, -0.2) is 12.4 Å². The van der Waals surface area contributed by atoms with Crippen LogP contribution < -0.4 is 0 Å². The van der Waals surface area contributed by atoms with Crippen molar-refractivity contribution in [2.45, 2.75) is 80.1 Å². The van der Waals surface area contributed by atoms with Crippen LogP contribution in [0.2, 0.25) is 0 Å². The smallest absolute Gasteiger partial charge is 0.167 e. The van der Waals surface area contributed by atoms with E-state index in [1.807, 2.05) is 0 Å². The predicted molar refractivity (Wildman–Crippen MR) is 110 cm³/mol. The number of ether oxygens (including phenoxy) is 1. The summed E-state index contributed by atoms with van der Waals surface area (Å²) in [5.41, 5.74) is 4.23. The predicted octanol–water partition coefficient (Wildman–Crippen LogP) is 6.64. The van der Waals surface area contributed by atoms with Gasteiger partial charge in [0.15, 0.2) is 5.78 Å². The highest BCUT2D eigenvalue weighted by atomic mass is 16.5. The minimum absolute atomic E-state index is 0.0281. The number of rotatable bonds is 8. The van der Waals surface area contributed by atoms with Crippen molar-refractivity contribution in [2.24, 2.45) is 11.3 Å². The number of carbonyl (C=O) groups is 1. The second-order valence-electron chi connectivity index (χ2n) is 8.79. The van der Waals surface area contributed by atoms with E-state index in [0.717, 1.165) is 41.9 Å². The van der Waals surface area contributed by atoms with Crippen LogP contribution >= 0.6 is 0 Å². The number of hydrogen-bond donors (Lipinski definition) is 0. The normalized spacial score (nSPS) is 18.2. The molecular formula is C24H36O2. The molecule has 0 aliphatic heterocycles. The fourth-order valence-corrected chi connectivity index (χ4v) is 3.90. The summed E-state index contributed by atoms with van der Waals surface area (Å²) >= 11 is 0. The quantitative estimate of drug-likeness (QED) is 0.522. The highest BCUT2D eigenvalue weighted by Gasteiger charge is 2.35. The number of carbonyl (C=O) groups excluding carboxylic acids is 1. The van der Waals surface area contributed by atoms with E-state index in [-0.39, 0.29) is 11.2 Å². The summed E-state index contributed by atoms with van der Waals surface area (Å²) in [6.07, 6.45) is 6.23. The van der Waals surface area contributed by atoms with Crippen LogP contribution in [-0.2, 0) is 9.53 Å². The van der Waals surface area contributed by atoms with Crippen molar-refractivity contribution in [3.63, 3.8) is 0 Å². The van der Waals surface area contributed by atoms with Crippen molar-refractivity contribution < 1.29 is 9.53 Å². The first kappa shape index (κ1) is 20.7. The SMILES string of the molecule is CCCCC(CC)COC1=C(c2ccc(C)cc2C)C(=O)CC(C)(C)C1. The molecule has 1 aliphatic carbocycles. The van der Waals surface area contributed by atoms with Gasteiger partial charge in [-0.3, -0.25) is 4.79 Å². The number of unbranched alkanes of at least 4 members (excludes halogenated alkanes) is 1. The van der Waals surface area contributed by atoms with E-state index in [0.29, 0.717) is 12.3 Å². The Labute approximate surface area is 160 Å². The van der Waals surface area contributed by atoms with Gasteiger partial charge in [0, 0.05) is 12.8 Å². The van der Waals surface area contributed by atoms with E-state index in [2.05, 4.69) is 59.7 Å². The molecule has 144 valence electrons. The molecule has 2 nitrogen and oxygen atoms in total. The minimum atomic E-state index is -0.0281. The number of Topliss-reactive ketones (excluding diaryl/α,β-unsaturated/α-hetero) is 1. The third kappa shape index (κ3) is 5.22. The molecule has 0 saturated carbocycles. The van der Waals surface area contributed by atoms with Gasteiger partial charge < -0.3 is 4.74 Å². The van der Waals surface area contributed by atoms with Crippen LogP contribution in [0.4, 0.5) is 0 Å². The molecule has 26 heavy (non-hydrogen) atoms. The molecule has 0 radical (unpaired) electrons. The van der Waals surface area contributed by atoms with Crippen LogP contribution in [0.5, 0.6) is 0 Å². The molecule has 0 fully saturated rings. The van der Waals surface area contributed by atoms with Gasteiger partial charge in [0.05, 0.1) is 12.2 Å². The summed E-state index contributed by atoms with van der Waals surface area (Å²) in [4.78, 5) is 13.0.